The molecule has 0 saturated carbocycles. The summed E-state index contributed by atoms with van der Waals surface area (Å²) in [6.07, 6.45) is 3.44. The van der Waals surface area contributed by atoms with Crippen LogP contribution in [-0.2, 0) is 0 Å². The zero-order chi connectivity index (χ0) is 13.9. The van der Waals surface area contributed by atoms with Crippen molar-refractivity contribution in [1.29, 1.82) is 0 Å². The summed E-state index contributed by atoms with van der Waals surface area (Å²) in [4.78, 5) is 16.7. The molecule has 0 unspecified atom stereocenters. The largest absolute Gasteiger partial charge is 0.318 e. The number of carbonyl (C=O) groups is 1. The van der Waals surface area contributed by atoms with E-state index in [0.717, 1.165) is 16.3 Å². The van der Waals surface area contributed by atoms with E-state index >= 15 is 0 Å². The van der Waals surface area contributed by atoms with Crippen LogP contribution in [-0.4, -0.2) is 10.8 Å². The number of pyridine rings is 1. The summed E-state index contributed by atoms with van der Waals surface area (Å²) in [6, 6.07) is 16.2. The molecule has 0 spiro atoms. The molecule has 3 aromatic rings. The van der Waals surface area contributed by atoms with E-state index in [0.29, 0.717) is 5.56 Å². The number of aromatic nitrogens is 1. The molecule has 0 bridgehead atoms. The maximum absolute atomic E-state index is 12.6. The van der Waals surface area contributed by atoms with Crippen LogP contribution >= 0.6 is 0 Å². The Morgan fingerprint density at radius 1 is 1.00 bits per heavy atom. The van der Waals surface area contributed by atoms with E-state index in [4.69, 9.17) is 5.73 Å². The van der Waals surface area contributed by atoms with Crippen molar-refractivity contribution >= 4 is 16.6 Å². The molecule has 0 aliphatic rings. The van der Waals surface area contributed by atoms with Crippen LogP contribution in [0, 0.1) is 0 Å². The predicted molar refractivity (Wildman–Crippen MR) is 79.4 cm³/mol. The lowest BCUT2D eigenvalue weighted by Crippen LogP contribution is -2.21. The van der Waals surface area contributed by atoms with Crippen molar-refractivity contribution in [2.24, 2.45) is 5.73 Å². The van der Waals surface area contributed by atoms with E-state index in [2.05, 4.69) is 4.98 Å². The lowest BCUT2D eigenvalue weighted by molar-refractivity contribution is 0.0963. The fourth-order valence-corrected chi connectivity index (χ4v) is 2.32. The minimum atomic E-state index is -0.644. The molecule has 2 aromatic carbocycles. The maximum Gasteiger partial charge on any atom is 0.184 e. The number of fused-ring (bicyclic) bond motifs is 1. The van der Waals surface area contributed by atoms with Gasteiger partial charge in [0.1, 0.15) is 0 Å². The Morgan fingerprint density at radius 2 is 1.80 bits per heavy atom. The summed E-state index contributed by atoms with van der Waals surface area (Å²) >= 11 is 0. The second-order valence-corrected chi connectivity index (χ2v) is 4.65. The van der Waals surface area contributed by atoms with E-state index in [1.54, 1.807) is 12.4 Å². The molecule has 0 saturated heterocycles. The van der Waals surface area contributed by atoms with Crippen LogP contribution in [0.2, 0.25) is 0 Å². The SMILES string of the molecule is N[C@@H](C(=O)c1cccc2cnccc12)c1ccccc1. The Hall–Kier alpha value is -2.52. The summed E-state index contributed by atoms with van der Waals surface area (Å²) in [5.74, 6) is -0.0759. The molecule has 98 valence electrons. The molecule has 0 amide bonds. The van der Waals surface area contributed by atoms with Gasteiger partial charge in [0.05, 0.1) is 6.04 Å². The standard InChI is InChI=1S/C17H14N2O/c18-16(12-5-2-1-3-6-12)17(20)15-8-4-7-13-11-19-10-9-14(13)15/h1-11,16H,18H2/t16-/m1/s1. The van der Waals surface area contributed by atoms with Crippen LogP contribution in [0.15, 0.2) is 67.0 Å². The molecule has 0 aliphatic carbocycles. The van der Waals surface area contributed by atoms with E-state index in [1.165, 1.54) is 0 Å². The van der Waals surface area contributed by atoms with Gasteiger partial charge >= 0.3 is 0 Å². The van der Waals surface area contributed by atoms with Crippen molar-refractivity contribution in [2.45, 2.75) is 6.04 Å². The first-order valence-corrected chi connectivity index (χ1v) is 6.45. The highest BCUT2D eigenvalue weighted by atomic mass is 16.1. The van der Waals surface area contributed by atoms with Gasteiger partial charge in [-0.25, -0.2) is 0 Å². The molecule has 0 aliphatic heterocycles. The van der Waals surface area contributed by atoms with Gasteiger partial charge in [-0.05, 0) is 17.0 Å². The lowest BCUT2D eigenvalue weighted by atomic mass is 9.95. The summed E-state index contributed by atoms with van der Waals surface area (Å²) in [6.45, 7) is 0. The molecule has 2 N–H and O–H groups in total. The van der Waals surface area contributed by atoms with Crippen molar-refractivity contribution in [3.63, 3.8) is 0 Å². The van der Waals surface area contributed by atoms with E-state index in [-0.39, 0.29) is 5.78 Å². The van der Waals surface area contributed by atoms with Gasteiger partial charge in [0.2, 0.25) is 0 Å². The van der Waals surface area contributed by atoms with Gasteiger partial charge < -0.3 is 5.73 Å². The van der Waals surface area contributed by atoms with Crippen LogP contribution in [0.1, 0.15) is 22.0 Å². The van der Waals surface area contributed by atoms with E-state index in [9.17, 15) is 4.79 Å². The second-order valence-electron chi connectivity index (χ2n) is 4.65. The fraction of sp³-hybridized carbons (Fsp3) is 0.0588. The minimum absolute atomic E-state index is 0.0759. The summed E-state index contributed by atoms with van der Waals surface area (Å²) in [7, 11) is 0. The number of ketones is 1. The lowest BCUT2D eigenvalue weighted by Gasteiger charge is -2.12. The van der Waals surface area contributed by atoms with Gasteiger partial charge in [0.15, 0.2) is 5.78 Å². The van der Waals surface area contributed by atoms with Gasteiger partial charge in [0.25, 0.3) is 0 Å². The smallest absolute Gasteiger partial charge is 0.184 e. The van der Waals surface area contributed by atoms with Crippen LogP contribution in [0.4, 0.5) is 0 Å². The molecule has 1 atom stereocenters. The Morgan fingerprint density at radius 3 is 2.60 bits per heavy atom. The zero-order valence-electron chi connectivity index (χ0n) is 10.9. The highest BCUT2D eigenvalue weighted by molar-refractivity contribution is 6.10. The number of Topliss-reactive ketones (excluding diaryl/α,β-unsaturated/α-hetero) is 1. The second kappa shape index (κ2) is 5.23. The number of benzene rings is 2. The van der Waals surface area contributed by atoms with Gasteiger partial charge in [0, 0.05) is 23.3 Å². The summed E-state index contributed by atoms with van der Waals surface area (Å²) < 4.78 is 0. The maximum atomic E-state index is 12.6. The molecule has 0 radical (unpaired) electrons. The average Bonchev–Trinajstić information content (AvgIpc) is 2.54. The molecule has 1 heterocycles. The predicted octanol–water partition coefficient (Wildman–Crippen LogP) is 3.12. The minimum Gasteiger partial charge on any atom is -0.318 e. The number of carbonyl (C=O) groups excluding carboxylic acids is 1. The monoisotopic (exact) mass is 262 g/mol. The normalized spacial score (nSPS) is 12.2. The molecule has 3 nitrogen and oxygen atoms in total. The highest BCUT2D eigenvalue weighted by Crippen LogP contribution is 2.22. The van der Waals surface area contributed by atoms with Gasteiger partial charge in [-0.1, -0.05) is 48.5 Å². The Kier molecular flexibility index (Phi) is 3.27. The first kappa shape index (κ1) is 12.5. The molecule has 3 rings (SSSR count). The molecule has 3 heteroatoms. The van der Waals surface area contributed by atoms with Crippen LogP contribution in [0.25, 0.3) is 10.8 Å². The molecule has 1 aromatic heterocycles. The van der Waals surface area contributed by atoms with Crippen LogP contribution in [0.3, 0.4) is 0 Å². The number of rotatable bonds is 3. The summed E-state index contributed by atoms with van der Waals surface area (Å²) in [5, 5.41) is 1.83. The van der Waals surface area contributed by atoms with Crippen molar-refractivity contribution in [2.75, 3.05) is 0 Å². The third-order valence-electron chi connectivity index (χ3n) is 3.39. The van der Waals surface area contributed by atoms with Crippen molar-refractivity contribution in [1.82, 2.24) is 4.98 Å². The zero-order valence-corrected chi connectivity index (χ0v) is 10.9. The van der Waals surface area contributed by atoms with E-state index in [1.807, 2.05) is 54.6 Å². The topological polar surface area (TPSA) is 56.0 Å². The summed E-state index contributed by atoms with van der Waals surface area (Å²) in [5.41, 5.74) is 7.56. The van der Waals surface area contributed by atoms with Crippen molar-refractivity contribution in [3.8, 4) is 0 Å². The number of hydrogen-bond donors (Lipinski definition) is 1. The average molecular weight is 262 g/mol. The van der Waals surface area contributed by atoms with Gasteiger partial charge in [-0.2, -0.15) is 0 Å². The van der Waals surface area contributed by atoms with E-state index < -0.39 is 6.04 Å². The number of nitrogens with zero attached hydrogens (tertiary/aromatic N) is 1. The van der Waals surface area contributed by atoms with Gasteiger partial charge in [-0.15, -0.1) is 0 Å². The first-order chi connectivity index (χ1) is 9.77. The van der Waals surface area contributed by atoms with Crippen molar-refractivity contribution < 1.29 is 4.79 Å². The van der Waals surface area contributed by atoms with Crippen LogP contribution < -0.4 is 5.73 Å². The van der Waals surface area contributed by atoms with Crippen molar-refractivity contribution in [3.05, 3.63) is 78.1 Å². The molecule has 0 fully saturated rings. The van der Waals surface area contributed by atoms with Gasteiger partial charge in [-0.3, -0.25) is 9.78 Å². The first-order valence-electron chi connectivity index (χ1n) is 6.45. The third kappa shape index (κ3) is 2.19. The molecular weight excluding hydrogens is 248 g/mol. The quantitative estimate of drug-likeness (QED) is 0.738. The highest BCUT2D eigenvalue weighted by Gasteiger charge is 2.19. The Labute approximate surface area is 117 Å². The molecule has 20 heavy (non-hydrogen) atoms. The number of hydrogen-bond acceptors (Lipinski definition) is 3. The number of nitrogens with two attached hydrogens (primary N) is 1. The molecular formula is C17H14N2O. The Balaban J connectivity index is 2.05. The fourth-order valence-electron chi connectivity index (χ4n) is 2.32. The van der Waals surface area contributed by atoms with Crippen LogP contribution in [0.5, 0.6) is 0 Å². The third-order valence-corrected chi connectivity index (χ3v) is 3.39. The Bertz CT molecular complexity index is 748.